The lowest BCUT2D eigenvalue weighted by Gasteiger charge is -2.04. The summed E-state index contributed by atoms with van der Waals surface area (Å²) < 4.78 is 21.1. The van der Waals surface area contributed by atoms with Gasteiger partial charge in [-0.05, 0) is 29.8 Å². The van der Waals surface area contributed by atoms with E-state index in [4.69, 9.17) is 13.6 Å². The predicted octanol–water partition coefficient (Wildman–Crippen LogP) is 4.56. The van der Waals surface area contributed by atoms with Crippen LogP contribution in [-0.4, -0.2) is 19.0 Å². The van der Waals surface area contributed by atoms with Gasteiger partial charge in [-0.15, -0.1) is 0 Å². The Bertz CT molecular complexity index is 1180. The Labute approximate surface area is 160 Å². The Hall–Kier alpha value is -3.54. The van der Waals surface area contributed by atoms with Crippen LogP contribution in [0.25, 0.3) is 21.7 Å². The molecule has 0 aliphatic rings. The molecule has 2 aromatic heterocycles. The first-order valence-corrected chi connectivity index (χ1v) is 8.78. The monoisotopic (exact) mass is 378 g/mol. The van der Waals surface area contributed by atoms with E-state index >= 15 is 0 Å². The maximum atomic E-state index is 12.3. The van der Waals surface area contributed by atoms with E-state index in [9.17, 15) is 9.59 Å². The molecule has 0 saturated heterocycles. The number of carbonyl (C=O) groups excluding carboxylic acids is 2. The standard InChI is InChI=1S/C22H18O6/c1-13-18(22(24)25-2)10-16(28-13)12-27-20(23)9-15-11-26-19-8-7-14-5-3-4-6-17(14)21(15)19/h3-8,10-11H,9,12H2,1-2H3. The van der Waals surface area contributed by atoms with Crippen molar-refractivity contribution in [2.45, 2.75) is 20.0 Å². The first kappa shape index (κ1) is 17.9. The van der Waals surface area contributed by atoms with E-state index in [2.05, 4.69) is 4.74 Å². The van der Waals surface area contributed by atoms with E-state index in [0.29, 0.717) is 17.1 Å². The number of esters is 2. The lowest BCUT2D eigenvalue weighted by molar-refractivity contribution is -0.144. The zero-order chi connectivity index (χ0) is 19.7. The van der Waals surface area contributed by atoms with Crippen LogP contribution in [-0.2, 0) is 27.3 Å². The number of benzene rings is 2. The molecule has 0 spiro atoms. The van der Waals surface area contributed by atoms with Crippen LogP contribution >= 0.6 is 0 Å². The molecule has 0 N–H and O–H groups in total. The van der Waals surface area contributed by atoms with Crippen molar-refractivity contribution in [2.24, 2.45) is 0 Å². The summed E-state index contributed by atoms with van der Waals surface area (Å²) in [5.41, 5.74) is 1.81. The first-order valence-electron chi connectivity index (χ1n) is 8.78. The number of furan rings is 2. The van der Waals surface area contributed by atoms with Crippen LogP contribution in [0.4, 0.5) is 0 Å². The summed E-state index contributed by atoms with van der Waals surface area (Å²) in [5.74, 6) is -0.0983. The maximum Gasteiger partial charge on any atom is 0.341 e. The van der Waals surface area contributed by atoms with Gasteiger partial charge in [0.15, 0.2) is 0 Å². The van der Waals surface area contributed by atoms with Crippen LogP contribution in [0.15, 0.2) is 57.6 Å². The van der Waals surface area contributed by atoms with Crippen molar-refractivity contribution in [3.8, 4) is 0 Å². The summed E-state index contributed by atoms with van der Waals surface area (Å²) in [5, 5.41) is 3.02. The lowest BCUT2D eigenvalue weighted by atomic mass is 10.0. The number of aryl methyl sites for hydroxylation is 1. The number of carbonyl (C=O) groups is 2. The molecule has 28 heavy (non-hydrogen) atoms. The number of hydrogen-bond acceptors (Lipinski definition) is 6. The molecule has 0 unspecified atom stereocenters. The van der Waals surface area contributed by atoms with E-state index in [1.807, 2.05) is 36.4 Å². The highest BCUT2D eigenvalue weighted by molar-refractivity contribution is 6.08. The van der Waals surface area contributed by atoms with Gasteiger partial charge in [0.1, 0.15) is 29.3 Å². The molecule has 4 aromatic rings. The molecule has 6 nitrogen and oxygen atoms in total. The highest BCUT2D eigenvalue weighted by Crippen LogP contribution is 2.30. The summed E-state index contributed by atoms with van der Waals surface area (Å²) in [4.78, 5) is 24.0. The number of fused-ring (bicyclic) bond motifs is 3. The second kappa shape index (κ2) is 7.23. The van der Waals surface area contributed by atoms with Gasteiger partial charge in [0.25, 0.3) is 0 Å². The van der Waals surface area contributed by atoms with Crippen molar-refractivity contribution in [1.82, 2.24) is 0 Å². The molecule has 2 aromatic carbocycles. The molecule has 0 aliphatic heterocycles. The van der Waals surface area contributed by atoms with Gasteiger partial charge in [0, 0.05) is 10.9 Å². The molecule has 0 aliphatic carbocycles. The third kappa shape index (κ3) is 3.24. The summed E-state index contributed by atoms with van der Waals surface area (Å²) in [6, 6.07) is 13.3. The molecule has 6 heteroatoms. The highest BCUT2D eigenvalue weighted by Gasteiger charge is 2.18. The fraction of sp³-hybridized carbons (Fsp3) is 0.182. The second-order valence-electron chi connectivity index (χ2n) is 6.43. The molecule has 0 amide bonds. The minimum atomic E-state index is -0.490. The second-order valence-corrected chi connectivity index (χ2v) is 6.43. The van der Waals surface area contributed by atoms with E-state index < -0.39 is 11.9 Å². The highest BCUT2D eigenvalue weighted by atomic mass is 16.5. The Kier molecular flexibility index (Phi) is 4.61. The molecule has 0 saturated carbocycles. The molecular weight excluding hydrogens is 360 g/mol. The minimum Gasteiger partial charge on any atom is -0.465 e. The van der Waals surface area contributed by atoms with Gasteiger partial charge in [-0.3, -0.25) is 4.79 Å². The van der Waals surface area contributed by atoms with Crippen molar-refractivity contribution >= 4 is 33.7 Å². The smallest absolute Gasteiger partial charge is 0.341 e. The molecule has 0 fully saturated rings. The Morgan fingerprint density at radius 3 is 2.75 bits per heavy atom. The summed E-state index contributed by atoms with van der Waals surface area (Å²) >= 11 is 0. The average Bonchev–Trinajstić information content (AvgIpc) is 3.29. The van der Waals surface area contributed by atoms with Crippen molar-refractivity contribution < 1.29 is 27.9 Å². The van der Waals surface area contributed by atoms with Crippen molar-refractivity contribution in [2.75, 3.05) is 7.11 Å². The van der Waals surface area contributed by atoms with E-state index in [1.165, 1.54) is 13.2 Å². The van der Waals surface area contributed by atoms with Gasteiger partial charge in [0.05, 0.1) is 19.8 Å². The molecule has 4 rings (SSSR count). The van der Waals surface area contributed by atoms with E-state index in [1.54, 1.807) is 13.2 Å². The number of rotatable bonds is 5. The van der Waals surface area contributed by atoms with Crippen molar-refractivity contribution in [1.29, 1.82) is 0 Å². The van der Waals surface area contributed by atoms with E-state index in [-0.39, 0.29) is 13.0 Å². The Balaban J connectivity index is 1.50. The van der Waals surface area contributed by atoms with Crippen molar-refractivity contribution in [3.05, 3.63) is 71.4 Å². The fourth-order valence-corrected chi connectivity index (χ4v) is 3.29. The first-order chi connectivity index (χ1) is 13.6. The van der Waals surface area contributed by atoms with Gasteiger partial charge >= 0.3 is 11.9 Å². The Morgan fingerprint density at radius 2 is 1.93 bits per heavy atom. The van der Waals surface area contributed by atoms with Crippen LogP contribution < -0.4 is 0 Å². The zero-order valence-electron chi connectivity index (χ0n) is 15.5. The SMILES string of the molecule is COC(=O)c1cc(COC(=O)Cc2coc3ccc4ccccc4c23)oc1C. The molecule has 0 radical (unpaired) electrons. The topological polar surface area (TPSA) is 78.9 Å². The third-order valence-electron chi connectivity index (χ3n) is 4.62. The number of methoxy groups -OCH3 is 1. The zero-order valence-corrected chi connectivity index (χ0v) is 15.5. The lowest BCUT2D eigenvalue weighted by Crippen LogP contribution is -2.07. The van der Waals surface area contributed by atoms with Gasteiger partial charge in [-0.1, -0.05) is 30.3 Å². The van der Waals surface area contributed by atoms with Crippen LogP contribution in [0.2, 0.25) is 0 Å². The molecule has 142 valence electrons. The predicted molar refractivity (Wildman–Crippen MR) is 102 cm³/mol. The Morgan fingerprint density at radius 1 is 1.11 bits per heavy atom. The number of ether oxygens (including phenoxy) is 2. The molecule has 0 bridgehead atoms. The molecular formula is C22H18O6. The minimum absolute atomic E-state index is 0.0623. The van der Waals surface area contributed by atoms with Gasteiger partial charge in [-0.25, -0.2) is 4.79 Å². The summed E-state index contributed by atoms with van der Waals surface area (Å²) in [6.45, 7) is 1.59. The van der Waals surface area contributed by atoms with E-state index in [0.717, 1.165) is 27.3 Å². The quantitative estimate of drug-likeness (QED) is 0.474. The summed E-state index contributed by atoms with van der Waals surface area (Å²) in [6.07, 6.45) is 1.66. The van der Waals surface area contributed by atoms with Crippen LogP contribution in [0.1, 0.15) is 27.4 Å². The van der Waals surface area contributed by atoms with Gasteiger partial charge in [-0.2, -0.15) is 0 Å². The van der Waals surface area contributed by atoms with Crippen LogP contribution in [0, 0.1) is 6.92 Å². The molecule has 0 atom stereocenters. The molecule has 2 heterocycles. The third-order valence-corrected chi connectivity index (χ3v) is 4.62. The largest absolute Gasteiger partial charge is 0.465 e. The number of hydrogen-bond donors (Lipinski definition) is 0. The fourth-order valence-electron chi connectivity index (χ4n) is 3.29. The van der Waals surface area contributed by atoms with Gasteiger partial charge in [0.2, 0.25) is 0 Å². The summed E-state index contributed by atoms with van der Waals surface area (Å²) in [7, 11) is 1.30. The maximum absolute atomic E-state index is 12.3. The van der Waals surface area contributed by atoms with Crippen LogP contribution in [0.3, 0.4) is 0 Å². The van der Waals surface area contributed by atoms with Crippen molar-refractivity contribution in [3.63, 3.8) is 0 Å². The van der Waals surface area contributed by atoms with Crippen LogP contribution in [0.5, 0.6) is 0 Å². The average molecular weight is 378 g/mol. The normalized spacial score (nSPS) is 11.1. The van der Waals surface area contributed by atoms with Gasteiger partial charge < -0.3 is 18.3 Å².